The van der Waals surface area contributed by atoms with Crippen molar-refractivity contribution in [2.24, 2.45) is 5.92 Å². The number of aromatic nitrogens is 3. The number of aromatic hydroxyl groups is 1. The van der Waals surface area contributed by atoms with Gasteiger partial charge in [0.15, 0.2) is 5.56 Å². The Morgan fingerprint density at radius 3 is 2.79 bits per heavy atom. The number of fused-ring (bicyclic) bond motifs is 1. The molecule has 10 heteroatoms. The summed E-state index contributed by atoms with van der Waals surface area (Å²) in [5.74, 6) is -0.967. The van der Waals surface area contributed by atoms with Crippen molar-refractivity contribution in [3.8, 4) is 5.88 Å². The number of hydrogen-bond acceptors (Lipinski definition) is 6. The fourth-order valence-electron chi connectivity index (χ4n) is 4.44. The summed E-state index contributed by atoms with van der Waals surface area (Å²) < 4.78 is 8.20. The van der Waals surface area contributed by atoms with E-state index in [9.17, 15) is 19.5 Å². The van der Waals surface area contributed by atoms with E-state index in [0.29, 0.717) is 37.5 Å². The van der Waals surface area contributed by atoms with Crippen molar-refractivity contribution >= 4 is 23.5 Å². The minimum atomic E-state index is -0.684. The molecule has 2 N–H and O–H groups in total. The molecule has 3 fully saturated rings. The van der Waals surface area contributed by atoms with Gasteiger partial charge in [-0.25, -0.2) is 0 Å². The number of rotatable bonds is 6. The van der Waals surface area contributed by atoms with Gasteiger partial charge in [0, 0.05) is 30.8 Å². The lowest BCUT2D eigenvalue weighted by molar-refractivity contribution is -0.136. The van der Waals surface area contributed by atoms with E-state index in [1.165, 1.54) is 16.8 Å². The summed E-state index contributed by atoms with van der Waals surface area (Å²) in [4.78, 5) is 40.5. The highest BCUT2D eigenvalue weighted by atomic mass is 16.5. The molecule has 0 atom stereocenters. The van der Waals surface area contributed by atoms with Gasteiger partial charge in [-0.2, -0.15) is 9.61 Å². The Balaban J connectivity index is 1.53. The van der Waals surface area contributed by atoms with Crippen LogP contribution in [0.4, 0.5) is 0 Å². The number of hydrogen-bond donors (Lipinski definition) is 2. The molecule has 1 saturated heterocycles. The largest absolute Gasteiger partial charge is 0.494 e. The van der Waals surface area contributed by atoms with Crippen LogP contribution in [0.1, 0.15) is 55.5 Å². The Morgan fingerprint density at radius 2 is 2.12 bits per heavy atom. The summed E-state index contributed by atoms with van der Waals surface area (Å²) in [6.45, 7) is 5.95. The van der Waals surface area contributed by atoms with E-state index in [4.69, 9.17) is 4.74 Å². The zero-order valence-corrected chi connectivity index (χ0v) is 18.9. The predicted molar refractivity (Wildman–Crippen MR) is 120 cm³/mol. The van der Waals surface area contributed by atoms with Crippen LogP contribution in [0.15, 0.2) is 17.1 Å². The molecule has 1 aliphatic heterocycles. The second-order valence-electron chi connectivity index (χ2n) is 9.69. The average Bonchev–Trinajstić information content (AvgIpc) is 3.69. The number of carbonyl (C=O) groups excluding carboxylic acids is 2. The van der Waals surface area contributed by atoms with Crippen LogP contribution < -0.4 is 10.9 Å². The zero-order valence-electron chi connectivity index (χ0n) is 18.9. The van der Waals surface area contributed by atoms with Crippen LogP contribution in [0.5, 0.6) is 5.88 Å². The van der Waals surface area contributed by atoms with Crippen LogP contribution in [0.25, 0.3) is 11.7 Å². The van der Waals surface area contributed by atoms with Gasteiger partial charge in [-0.15, -0.1) is 0 Å². The maximum Gasteiger partial charge on any atom is 0.291 e. The summed E-state index contributed by atoms with van der Waals surface area (Å²) in [6.07, 6.45) is 8.20. The number of ether oxygens (including phenoxy) is 1. The van der Waals surface area contributed by atoms with Gasteiger partial charge in [-0.3, -0.25) is 19.0 Å². The van der Waals surface area contributed by atoms with Gasteiger partial charge in [-0.05, 0) is 37.7 Å². The second-order valence-corrected chi connectivity index (χ2v) is 9.69. The minimum absolute atomic E-state index is 0.0441. The topological polar surface area (TPSA) is 118 Å². The third-order valence-corrected chi connectivity index (χ3v) is 6.50. The first-order chi connectivity index (χ1) is 15.8. The molecule has 176 valence electrons. The number of amides is 2. The lowest BCUT2D eigenvalue weighted by Gasteiger charge is -2.35. The highest BCUT2D eigenvalue weighted by Crippen LogP contribution is 2.43. The molecule has 2 amide bonds. The Hall–Kier alpha value is -3.14. The normalized spacial score (nSPS) is 19.7. The van der Waals surface area contributed by atoms with Gasteiger partial charge in [0.05, 0.1) is 24.9 Å². The first-order valence-electron chi connectivity index (χ1n) is 11.5. The maximum atomic E-state index is 13.1. The average molecular weight is 456 g/mol. The molecule has 0 aromatic carbocycles. The molecule has 0 unspecified atom stereocenters. The Morgan fingerprint density at radius 1 is 1.36 bits per heavy atom. The third kappa shape index (κ3) is 3.92. The van der Waals surface area contributed by atoms with Crippen LogP contribution >= 0.6 is 0 Å². The van der Waals surface area contributed by atoms with E-state index < -0.39 is 11.5 Å². The summed E-state index contributed by atoms with van der Waals surface area (Å²) in [7, 11) is 0. The smallest absolute Gasteiger partial charge is 0.291 e. The maximum absolute atomic E-state index is 13.1. The molecule has 2 aromatic heterocycles. The fourth-order valence-corrected chi connectivity index (χ4v) is 4.44. The molecule has 2 aliphatic carbocycles. The third-order valence-electron chi connectivity index (χ3n) is 6.50. The monoisotopic (exact) mass is 455 g/mol. The second kappa shape index (κ2) is 8.02. The molecule has 2 aromatic rings. The van der Waals surface area contributed by atoms with Crippen LogP contribution in [0, 0.1) is 5.92 Å². The molecule has 10 nitrogen and oxygen atoms in total. The molecule has 5 rings (SSSR count). The molecule has 2 saturated carbocycles. The van der Waals surface area contributed by atoms with E-state index in [1.807, 2.05) is 18.7 Å². The Kier molecular flexibility index (Phi) is 5.27. The van der Waals surface area contributed by atoms with E-state index in [2.05, 4.69) is 10.4 Å². The van der Waals surface area contributed by atoms with Gasteiger partial charge < -0.3 is 20.1 Å². The fraction of sp³-hybridized carbons (Fsp3) is 0.565. The molecule has 0 bridgehead atoms. The number of nitrogens with zero attached hydrogens (tertiary/aromatic N) is 4. The lowest BCUT2D eigenvalue weighted by Crippen LogP contribution is -2.50. The summed E-state index contributed by atoms with van der Waals surface area (Å²) in [6, 6.07) is 0.0441. The molecular weight excluding hydrogens is 426 g/mol. The van der Waals surface area contributed by atoms with Crippen molar-refractivity contribution in [2.75, 3.05) is 19.8 Å². The molecule has 3 aliphatic rings. The van der Waals surface area contributed by atoms with E-state index >= 15 is 0 Å². The van der Waals surface area contributed by atoms with Crippen molar-refractivity contribution in [3.63, 3.8) is 0 Å². The van der Waals surface area contributed by atoms with Gasteiger partial charge in [0.25, 0.3) is 11.5 Å². The highest BCUT2D eigenvalue weighted by molar-refractivity contribution is 5.97. The van der Waals surface area contributed by atoms with Crippen molar-refractivity contribution in [2.45, 2.75) is 57.7 Å². The zero-order chi connectivity index (χ0) is 23.3. The predicted octanol–water partition coefficient (Wildman–Crippen LogP) is 1.15. The first-order valence-corrected chi connectivity index (χ1v) is 11.5. The van der Waals surface area contributed by atoms with Crippen LogP contribution in [-0.4, -0.2) is 67.3 Å². The standard InChI is InChI=1S/C23H29N5O5/c1-14(2)12-26-20-15(3-6-17(29)27-9-10-33-13-23(27)7-8-23)11-24-28(20)22(32)18(21(26)31)19(30)25-16-4-5-16/h3,6,11,14,16,31H,4-5,7-10,12-13H2,1-2H3,(H,25,30). The quantitative estimate of drug-likeness (QED) is 0.631. The SMILES string of the molecule is CC(C)Cn1c(O)c(C(=O)NC2CC2)c(=O)n2ncc(C=CC(=O)N3CCOCC34CC4)c12. The van der Waals surface area contributed by atoms with E-state index in [-0.39, 0.29) is 34.8 Å². The van der Waals surface area contributed by atoms with Gasteiger partial charge in [0.2, 0.25) is 11.8 Å². The number of nitrogens with one attached hydrogen (secondary N) is 1. The first kappa shape index (κ1) is 21.7. The van der Waals surface area contributed by atoms with Gasteiger partial charge in [-0.1, -0.05) is 13.8 Å². The lowest BCUT2D eigenvalue weighted by atomic mass is 10.2. The van der Waals surface area contributed by atoms with Gasteiger partial charge >= 0.3 is 0 Å². The summed E-state index contributed by atoms with van der Waals surface area (Å²) in [5, 5.41) is 17.9. The minimum Gasteiger partial charge on any atom is -0.494 e. The van der Waals surface area contributed by atoms with Crippen LogP contribution in [0.2, 0.25) is 0 Å². The molecule has 1 spiro atoms. The molecule has 33 heavy (non-hydrogen) atoms. The number of morpholine rings is 1. The van der Waals surface area contributed by atoms with Crippen LogP contribution in [-0.2, 0) is 16.1 Å². The summed E-state index contributed by atoms with van der Waals surface area (Å²) in [5.41, 5.74) is -0.307. The molecule has 3 heterocycles. The molecular formula is C23H29N5O5. The summed E-state index contributed by atoms with van der Waals surface area (Å²) >= 11 is 0. The Labute approximate surface area is 190 Å². The van der Waals surface area contributed by atoms with Crippen molar-refractivity contribution < 1.29 is 19.4 Å². The van der Waals surface area contributed by atoms with Crippen molar-refractivity contribution in [1.29, 1.82) is 0 Å². The van der Waals surface area contributed by atoms with Crippen LogP contribution in [0.3, 0.4) is 0 Å². The van der Waals surface area contributed by atoms with E-state index in [1.54, 1.807) is 6.08 Å². The number of carbonyl (C=O) groups is 2. The molecule has 0 radical (unpaired) electrons. The highest BCUT2D eigenvalue weighted by Gasteiger charge is 2.51. The van der Waals surface area contributed by atoms with Crippen molar-refractivity contribution in [3.05, 3.63) is 33.8 Å². The van der Waals surface area contributed by atoms with Crippen molar-refractivity contribution in [1.82, 2.24) is 24.4 Å². The Bertz CT molecular complexity index is 1200. The van der Waals surface area contributed by atoms with Gasteiger partial charge in [0.1, 0.15) is 5.65 Å². The van der Waals surface area contributed by atoms with E-state index in [0.717, 1.165) is 30.2 Å².